The Morgan fingerprint density at radius 2 is 1.96 bits per heavy atom. The van der Waals surface area contributed by atoms with Gasteiger partial charge in [0, 0.05) is 37.4 Å². The number of rotatable bonds is 6. The number of carbonyl (C=O) groups is 1. The molecule has 1 aromatic carbocycles. The molecule has 0 radical (unpaired) electrons. The second-order valence-corrected chi connectivity index (χ2v) is 7.85. The van der Waals surface area contributed by atoms with Crippen molar-refractivity contribution < 1.29 is 9.53 Å². The van der Waals surface area contributed by atoms with Crippen LogP contribution in [0.1, 0.15) is 48.5 Å². The van der Waals surface area contributed by atoms with E-state index in [1.54, 1.807) is 13.2 Å². The monoisotopic (exact) mass is 374 g/mol. The van der Waals surface area contributed by atoms with E-state index in [1.165, 1.54) is 19.4 Å². The van der Waals surface area contributed by atoms with Crippen LogP contribution in [0.5, 0.6) is 5.75 Å². The van der Waals surface area contributed by atoms with Crippen LogP contribution in [0.15, 0.2) is 12.1 Å². The summed E-state index contributed by atoms with van der Waals surface area (Å²) in [5.41, 5.74) is 8.28. The highest BCUT2D eigenvalue weighted by molar-refractivity contribution is 5.98. The lowest BCUT2D eigenvalue weighted by molar-refractivity contribution is 0.0899. The third kappa shape index (κ3) is 5.14. The van der Waals surface area contributed by atoms with E-state index in [0.717, 1.165) is 56.9 Å². The van der Waals surface area contributed by atoms with E-state index in [4.69, 9.17) is 10.5 Å². The van der Waals surface area contributed by atoms with Crippen LogP contribution in [0.2, 0.25) is 0 Å². The van der Waals surface area contributed by atoms with E-state index >= 15 is 0 Å². The van der Waals surface area contributed by atoms with Gasteiger partial charge < -0.3 is 26.0 Å². The van der Waals surface area contributed by atoms with Gasteiger partial charge >= 0.3 is 0 Å². The summed E-state index contributed by atoms with van der Waals surface area (Å²) in [6.45, 7) is 7.68. The SMILES string of the molecule is CCc1cc(C(=O)NC2CCN(CC3CCNCC3)CC2)c(OC)cc1N. The maximum Gasteiger partial charge on any atom is 0.255 e. The fourth-order valence-electron chi connectivity index (χ4n) is 4.25. The molecule has 2 heterocycles. The highest BCUT2D eigenvalue weighted by atomic mass is 16.5. The second kappa shape index (κ2) is 9.42. The van der Waals surface area contributed by atoms with Crippen LogP contribution in [0, 0.1) is 5.92 Å². The fourth-order valence-corrected chi connectivity index (χ4v) is 4.25. The first-order valence-corrected chi connectivity index (χ1v) is 10.3. The molecule has 6 heteroatoms. The number of nitrogens with one attached hydrogen (secondary N) is 2. The first-order valence-electron chi connectivity index (χ1n) is 10.3. The van der Waals surface area contributed by atoms with E-state index in [-0.39, 0.29) is 11.9 Å². The number of ether oxygens (including phenoxy) is 1. The highest BCUT2D eigenvalue weighted by Crippen LogP contribution is 2.26. The Kier molecular flexibility index (Phi) is 6.96. The maximum absolute atomic E-state index is 12.8. The third-order valence-electron chi connectivity index (χ3n) is 5.98. The van der Waals surface area contributed by atoms with Crippen molar-refractivity contribution >= 4 is 11.6 Å². The molecule has 1 amide bonds. The first-order chi connectivity index (χ1) is 13.1. The van der Waals surface area contributed by atoms with Crippen molar-refractivity contribution in [3.05, 3.63) is 23.3 Å². The van der Waals surface area contributed by atoms with Crippen LogP contribution in [0.3, 0.4) is 0 Å². The number of nitrogen functional groups attached to an aromatic ring is 1. The zero-order valence-electron chi connectivity index (χ0n) is 16.7. The summed E-state index contributed by atoms with van der Waals surface area (Å²) in [4.78, 5) is 15.4. The Morgan fingerprint density at radius 3 is 2.59 bits per heavy atom. The third-order valence-corrected chi connectivity index (χ3v) is 5.98. The molecule has 0 spiro atoms. The number of nitrogens with two attached hydrogens (primary N) is 1. The molecule has 2 aliphatic heterocycles. The molecular formula is C21H34N4O2. The summed E-state index contributed by atoms with van der Waals surface area (Å²) in [5, 5.41) is 6.64. The minimum Gasteiger partial charge on any atom is -0.496 e. The molecule has 0 aromatic heterocycles. The van der Waals surface area contributed by atoms with Gasteiger partial charge in [0.05, 0.1) is 12.7 Å². The van der Waals surface area contributed by atoms with Crippen LogP contribution in [-0.2, 0) is 6.42 Å². The first kappa shape index (κ1) is 20.0. The number of methoxy groups -OCH3 is 1. The molecular weight excluding hydrogens is 340 g/mol. The van der Waals surface area contributed by atoms with Crippen molar-refractivity contribution in [2.75, 3.05) is 45.6 Å². The Hall–Kier alpha value is -1.79. The van der Waals surface area contributed by atoms with Gasteiger partial charge in [0.25, 0.3) is 5.91 Å². The predicted molar refractivity (Wildman–Crippen MR) is 109 cm³/mol. The number of nitrogens with zero attached hydrogens (tertiary/aromatic N) is 1. The van der Waals surface area contributed by atoms with Crippen LogP contribution in [-0.4, -0.2) is 56.7 Å². The lowest BCUT2D eigenvalue weighted by Crippen LogP contribution is -2.46. The summed E-state index contributed by atoms with van der Waals surface area (Å²) in [6, 6.07) is 3.86. The number of aryl methyl sites for hydroxylation is 1. The topological polar surface area (TPSA) is 79.6 Å². The van der Waals surface area contributed by atoms with E-state index < -0.39 is 0 Å². The van der Waals surface area contributed by atoms with Gasteiger partial charge in [0.15, 0.2) is 0 Å². The Bertz CT molecular complexity index is 635. The quantitative estimate of drug-likeness (QED) is 0.664. The van der Waals surface area contributed by atoms with Crippen LogP contribution in [0.25, 0.3) is 0 Å². The van der Waals surface area contributed by atoms with Crippen molar-refractivity contribution in [1.82, 2.24) is 15.5 Å². The number of hydrogen-bond donors (Lipinski definition) is 3. The summed E-state index contributed by atoms with van der Waals surface area (Å²) in [6.07, 6.45) is 5.38. The number of benzene rings is 1. The fraction of sp³-hybridized carbons (Fsp3) is 0.667. The summed E-state index contributed by atoms with van der Waals surface area (Å²) in [5.74, 6) is 1.31. The van der Waals surface area contributed by atoms with Crippen LogP contribution in [0.4, 0.5) is 5.69 Å². The number of hydrogen-bond acceptors (Lipinski definition) is 5. The lowest BCUT2D eigenvalue weighted by Gasteiger charge is -2.35. The highest BCUT2D eigenvalue weighted by Gasteiger charge is 2.25. The Labute approximate surface area is 162 Å². The molecule has 3 rings (SSSR count). The Morgan fingerprint density at radius 1 is 1.26 bits per heavy atom. The Balaban J connectivity index is 1.53. The predicted octanol–water partition coefficient (Wildman–Crippen LogP) is 2.03. The van der Waals surface area contributed by atoms with Crippen molar-refractivity contribution in [2.45, 2.75) is 45.1 Å². The molecule has 0 atom stereocenters. The molecule has 150 valence electrons. The van der Waals surface area contributed by atoms with Gasteiger partial charge in [-0.15, -0.1) is 0 Å². The molecule has 0 aliphatic carbocycles. The minimum atomic E-state index is -0.0571. The van der Waals surface area contributed by atoms with Gasteiger partial charge in [0.2, 0.25) is 0 Å². The largest absolute Gasteiger partial charge is 0.496 e. The summed E-state index contributed by atoms with van der Waals surface area (Å²) in [7, 11) is 1.58. The van der Waals surface area contributed by atoms with E-state index in [2.05, 4.69) is 15.5 Å². The molecule has 27 heavy (non-hydrogen) atoms. The molecule has 0 bridgehead atoms. The number of amides is 1. The van der Waals surface area contributed by atoms with Gasteiger partial charge in [-0.2, -0.15) is 0 Å². The van der Waals surface area contributed by atoms with E-state index in [9.17, 15) is 4.79 Å². The average molecular weight is 375 g/mol. The van der Waals surface area contributed by atoms with Crippen LogP contribution >= 0.6 is 0 Å². The van der Waals surface area contributed by atoms with Gasteiger partial charge in [-0.1, -0.05) is 6.92 Å². The van der Waals surface area contributed by atoms with Crippen molar-refractivity contribution in [1.29, 1.82) is 0 Å². The van der Waals surface area contributed by atoms with Gasteiger partial charge in [-0.3, -0.25) is 4.79 Å². The molecule has 6 nitrogen and oxygen atoms in total. The van der Waals surface area contributed by atoms with Crippen molar-refractivity contribution in [3.8, 4) is 5.75 Å². The summed E-state index contributed by atoms with van der Waals surface area (Å²) >= 11 is 0. The number of carbonyl (C=O) groups excluding carboxylic acids is 1. The van der Waals surface area contributed by atoms with E-state index in [0.29, 0.717) is 17.0 Å². The van der Waals surface area contributed by atoms with Gasteiger partial charge in [0.1, 0.15) is 5.75 Å². The van der Waals surface area contributed by atoms with Crippen molar-refractivity contribution in [3.63, 3.8) is 0 Å². The smallest absolute Gasteiger partial charge is 0.255 e. The van der Waals surface area contributed by atoms with Crippen LogP contribution < -0.4 is 21.1 Å². The molecule has 2 saturated heterocycles. The van der Waals surface area contributed by atoms with Gasteiger partial charge in [-0.25, -0.2) is 0 Å². The second-order valence-electron chi connectivity index (χ2n) is 7.85. The minimum absolute atomic E-state index is 0.0571. The lowest BCUT2D eigenvalue weighted by atomic mass is 9.95. The normalized spacial score (nSPS) is 19.8. The molecule has 0 unspecified atom stereocenters. The maximum atomic E-state index is 12.8. The summed E-state index contributed by atoms with van der Waals surface area (Å²) < 4.78 is 5.38. The molecule has 0 saturated carbocycles. The molecule has 2 aliphatic rings. The van der Waals surface area contributed by atoms with Gasteiger partial charge in [-0.05, 0) is 62.7 Å². The number of piperidine rings is 2. The zero-order valence-corrected chi connectivity index (χ0v) is 16.7. The number of likely N-dealkylation sites (tertiary alicyclic amines) is 1. The number of anilines is 1. The van der Waals surface area contributed by atoms with E-state index in [1.807, 2.05) is 13.0 Å². The molecule has 4 N–H and O–H groups in total. The zero-order chi connectivity index (χ0) is 19.2. The average Bonchev–Trinajstić information content (AvgIpc) is 2.70. The standard InChI is InChI=1S/C21H34N4O2/c1-3-16-12-18(20(27-2)13-19(16)22)21(26)24-17-6-10-25(11-7-17)14-15-4-8-23-9-5-15/h12-13,15,17,23H,3-11,14,22H2,1-2H3,(H,24,26). The molecule has 2 fully saturated rings. The van der Waals surface area contributed by atoms with Crippen molar-refractivity contribution in [2.24, 2.45) is 5.92 Å². The molecule has 1 aromatic rings.